The van der Waals surface area contributed by atoms with Crippen molar-refractivity contribution in [2.45, 2.75) is 26.2 Å². The summed E-state index contributed by atoms with van der Waals surface area (Å²) in [6.07, 6.45) is 3.40. The molecule has 0 radical (unpaired) electrons. The molecule has 0 aliphatic carbocycles. The Hall–Kier alpha value is -0.740. The van der Waals surface area contributed by atoms with Crippen molar-refractivity contribution < 1.29 is 9.47 Å². The highest BCUT2D eigenvalue weighted by atomic mass is 79.9. The Morgan fingerprint density at radius 2 is 1.78 bits per heavy atom. The lowest BCUT2D eigenvalue weighted by Gasteiger charge is -2.12. The molecule has 0 aromatic heterocycles. The van der Waals surface area contributed by atoms with E-state index in [1.165, 1.54) is 18.4 Å². The molecular weight excluding hydrogens is 294 g/mol. The fraction of sp³-hybridized carbons (Fsp3) is 0.571. The van der Waals surface area contributed by atoms with Crippen molar-refractivity contribution in [3.8, 4) is 11.5 Å². The van der Waals surface area contributed by atoms with Gasteiger partial charge < -0.3 is 14.8 Å². The maximum atomic E-state index is 5.32. The molecule has 0 heterocycles. The van der Waals surface area contributed by atoms with E-state index in [-0.39, 0.29) is 0 Å². The van der Waals surface area contributed by atoms with Gasteiger partial charge in [-0.05, 0) is 50.0 Å². The Bertz CT molecular complexity index is 369. The van der Waals surface area contributed by atoms with E-state index in [0.29, 0.717) is 0 Å². The normalized spacial score (nSPS) is 10.4. The number of methoxy groups -OCH3 is 2. The third-order valence-corrected chi connectivity index (χ3v) is 3.59. The van der Waals surface area contributed by atoms with Crippen molar-refractivity contribution in [3.63, 3.8) is 0 Å². The third-order valence-electron chi connectivity index (χ3n) is 2.85. The molecule has 0 bridgehead atoms. The zero-order chi connectivity index (χ0) is 13.4. The monoisotopic (exact) mass is 315 g/mol. The van der Waals surface area contributed by atoms with E-state index in [0.717, 1.165) is 35.5 Å². The van der Waals surface area contributed by atoms with Crippen LogP contribution >= 0.6 is 15.9 Å². The summed E-state index contributed by atoms with van der Waals surface area (Å²) in [6, 6.07) is 4.02. The molecule has 1 aromatic rings. The summed E-state index contributed by atoms with van der Waals surface area (Å²) >= 11 is 3.58. The molecule has 4 heteroatoms. The SMILES string of the molecule is CCNCCCCc1cc(OC)c(OC)cc1Br. The van der Waals surface area contributed by atoms with E-state index >= 15 is 0 Å². The molecule has 1 rings (SSSR count). The van der Waals surface area contributed by atoms with Crippen LogP contribution in [0.1, 0.15) is 25.3 Å². The minimum absolute atomic E-state index is 0.765. The Morgan fingerprint density at radius 1 is 1.11 bits per heavy atom. The van der Waals surface area contributed by atoms with E-state index in [9.17, 15) is 0 Å². The Morgan fingerprint density at radius 3 is 2.39 bits per heavy atom. The minimum atomic E-state index is 0.765. The Kier molecular flexibility index (Phi) is 7.13. The van der Waals surface area contributed by atoms with Gasteiger partial charge in [-0.25, -0.2) is 0 Å². The molecule has 3 nitrogen and oxygen atoms in total. The summed E-state index contributed by atoms with van der Waals surface area (Å²) in [4.78, 5) is 0. The van der Waals surface area contributed by atoms with Crippen LogP contribution in [0.15, 0.2) is 16.6 Å². The van der Waals surface area contributed by atoms with Crippen LogP contribution in [0.2, 0.25) is 0 Å². The topological polar surface area (TPSA) is 30.5 Å². The van der Waals surface area contributed by atoms with Gasteiger partial charge in [-0.3, -0.25) is 0 Å². The molecule has 0 aliphatic heterocycles. The summed E-state index contributed by atoms with van der Waals surface area (Å²) in [5.41, 5.74) is 1.27. The van der Waals surface area contributed by atoms with Gasteiger partial charge >= 0.3 is 0 Å². The molecule has 1 N–H and O–H groups in total. The number of benzene rings is 1. The molecule has 0 aliphatic rings. The predicted molar refractivity (Wildman–Crippen MR) is 78.7 cm³/mol. The van der Waals surface area contributed by atoms with Gasteiger partial charge in [0.25, 0.3) is 0 Å². The quantitative estimate of drug-likeness (QED) is 0.746. The predicted octanol–water partition coefficient (Wildman–Crippen LogP) is 3.40. The molecule has 0 atom stereocenters. The van der Waals surface area contributed by atoms with Crippen LogP contribution in [0.25, 0.3) is 0 Å². The van der Waals surface area contributed by atoms with Gasteiger partial charge in [0.15, 0.2) is 11.5 Å². The summed E-state index contributed by atoms with van der Waals surface area (Å²) in [5.74, 6) is 1.56. The summed E-state index contributed by atoms with van der Waals surface area (Å²) in [5, 5.41) is 3.33. The number of halogens is 1. The second-order valence-electron chi connectivity index (χ2n) is 4.11. The van der Waals surface area contributed by atoms with Crippen LogP contribution < -0.4 is 14.8 Å². The Labute approximate surface area is 118 Å². The van der Waals surface area contributed by atoms with Crippen LogP contribution in [-0.4, -0.2) is 27.3 Å². The number of nitrogens with one attached hydrogen (secondary N) is 1. The fourth-order valence-corrected chi connectivity index (χ4v) is 2.35. The molecule has 102 valence electrons. The number of hydrogen-bond donors (Lipinski definition) is 1. The molecule has 0 saturated carbocycles. The highest BCUT2D eigenvalue weighted by Gasteiger charge is 2.09. The van der Waals surface area contributed by atoms with Crippen molar-refractivity contribution in [2.75, 3.05) is 27.3 Å². The maximum absolute atomic E-state index is 5.32. The average molecular weight is 316 g/mol. The van der Waals surface area contributed by atoms with Crippen molar-refractivity contribution in [3.05, 3.63) is 22.2 Å². The maximum Gasteiger partial charge on any atom is 0.161 e. The van der Waals surface area contributed by atoms with Crippen LogP contribution in [0.3, 0.4) is 0 Å². The standard InChI is InChI=1S/C14H22BrNO2/c1-4-16-8-6-5-7-11-9-13(17-2)14(18-3)10-12(11)15/h9-10,16H,4-8H2,1-3H3. The minimum Gasteiger partial charge on any atom is -0.493 e. The first-order valence-corrected chi connectivity index (χ1v) is 7.13. The average Bonchev–Trinajstić information content (AvgIpc) is 2.39. The summed E-state index contributed by atoms with van der Waals surface area (Å²) in [6.45, 7) is 4.26. The number of rotatable bonds is 8. The van der Waals surface area contributed by atoms with E-state index in [1.807, 2.05) is 6.07 Å². The van der Waals surface area contributed by atoms with Crippen molar-refractivity contribution in [1.29, 1.82) is 0 Å². The molecule has 0 fully saturated rings. The van der Waals surface area contributed by atoms with Gasteiger partial charge in [0.2, 0.25) is 0 Å². The van der Waals surface area contributed by atoms with Gasteiger partial charge in [-0.2, -0.15) is 0 Å². The van der Waals surface area contributed by atoms with Crippen LogP contribution in [0.4, 0.5) is 0 Å². The zero-order valence-electron chi connectivity index (χ0n) is 11.4. The molecular formula is C14H22BrNO2. The first kappa shape index (κ1) is 15.3. The molecule has 0 saturated heterocycles. The van der Waals surface area contributed by atoms with Crippen molar-refractivity contribution in [1.82, 2.24) is 5.32 Å². The smallest absolute Gasteiger partial charge is 0.161 e. The van der Waals surface area contributed by atoms with Gasteiger partial charge in [-0.15, -0.1) is 0 Å². The van der Waals surface area contributed by atoms with Crippen LogP contribution in [-0.2, 0) is 6.42 Å². The molecule has 18 heavy (non-hydrogen) atoms. The largest absolute Gasteiger partial charge is 0.493 e. The second kappa shape index (κ2) is 8.38. The zero-order valence-corrected chi connectivity index (χ0v) is 13.0. The summed E-state index contributed by atoms with van der Waals surface area (Å²) in [7, 11) is 3.32. The van der Waals surface area contributed by atoms with Crippen LogP contribution in [0.5, 0.6) is 11.5 Å². The third kappa shape index (κ3) is 4.50. The highest BCUT2D eigenvalue weighted by molar-refractivity contribution is 9.10. The lowest BCUT2D eigenvalue weighted by molar-refractivity contribution is 0.354. The Balaban J connectivity index is 2.59. The second-order valence-corrected chi connectivity index (χ2v) is 4.96. The van der Waals surface area contributed by atoms with Crippen LogP contribution in [0, 0.1) is 0 Å². The van der Waals surface area contributed by atoms with Gasteiger partial charge in [0, 0.05) is 4.47 Å². The van der Waals surface area contributed by atoms with E-state index in [4.69, 9.17) is 9.47 Å². The van der Waals surface area contributed by atoms with E-state index in [1.54, 1.807) is 14.2 Å². The molecule has 0 spiro atoms. The number of aryl methyl sites for hydroxylation is 1. The fourth-order valence-electron chi connectivity index (χ4n) is 1.83. The van der Waals surface area contributed by atoms with Gasteiger partial charge in [0.1, 0.15) is 0 Å². The van der Waals surface area contributed by atoms with Gasteiger partial charge in [-0.1, -0.05) is 22.9 Å². The lowest BCUT2D eigenvalue weighted by Crippen LogP contribution is -2.13. The first-order valence-electron chi connectivity index (χ1n) is 6.34. The van der Waals surface area contributed by atoms with Crippen molar-refractivity contribution >= 4 is 15.9 Å². The van der Waals surface area contributed by atoms with Crippen molar-refractivity contribution in [2.24, 2.45) is 0 Å². The van der Waals surface area contributed by atoms with E-state index < -0.39 is 0 Å². The summed E-state index contributed by atoms with van der Waals surface area (Å²) < 4.78 is 11.7. The lowest BCUT2D eigenvalue weighted by atomic mass is 10.1. The van der Waals surface area contributed by atoms with Gasteiger partial charge in [0.05, 0.1) is 14.2 Å². The number of unbranched alkanes of at least 4 members (excludes halogenated alkanes) is 1. The number of ether oxygens (including phenoxy) is 2. The molecule has 0 unspecified atom stereocenters. The first-order chi connectivity index (χ1) is 8.72. The number of hydrogen-bond acceptors (Lipinski definition) is 3. The molecule has 1 aromatic carbocycles. The highest BCUT2D eigenvalue weighted by Crippen LogP contribution is 2.33. The molecule has 0 amide bonds. The van der Waals surface area contributed by atoms with E-state index in [2.05, 4.69) is 34.2 Å².